The van der Waals surface area contributed by atoms with Crippen LogP contribution < -0.4 is 16.6 Å². The number of carbonyl (C=O) groups excluding carboxylic acids is 2. The van der Waals surface area contributed by atoms with E-state index in [1.165, 1.54) is 0 Å². The monoisotopic (exact) mass is 397 g/mol. The van der Waals surface area contributed by atoms with Crippen LogP contribution in [0.2, 0.25) is 0 Å². The first-order valence-electron chi connectivity index (χ1n) is 8.42. The number of aliphatic hydroxyl groups excluding tert-OH is 1. The Bertz CT molecular complexity index is 1040. The predicted molar refractivity (Wildman–Crippen MR) is 108 cm³/mol. The van der Waals surface area contributed by atoms with Crippen molar-refractivity contribution in [1.29, 1.82) is 0 Å². The molecule has 3 rings (SSSR count). The average Bonchev–Trinajstić information content (AvgIpc) is 2.71. The molecule has 0 spiro atoms. The number of pyridine rings is 2. The zero-order valence-electron chi connectivity index (χ0n) is 15.1. The van der Waals surface area contributed by atoms with Gasteiger partial charge in [0.05, 0.1) is 29.1 Å². The molecule has 0 aliphatic rings. The molecule has 0 fully saturated rings. The quantitative estimate of drug-likeness (QED) is 0.216. The molecule has 3 aromatic rings. The normalized spacial score (nSPS) is 10.7. The Labute approximate surface area is 165 Å². The number of aromatic nitrogens is 2. The van der Waals surface area contributed by atoms with Crippen molar-refractivity contribution in [1.82, 2.24) is 15.4 Å². The highest BCUT2D eigenvalue weighted by molar-refractivity contribution is 8.00. The largest absolute Gasteiger partial charge is 0.392 e. The summed E-state index contributed by atoms with van der Waals surface area (Å²) in [5, 5.41) is 13.6. The Morgan fingerprint density at radius 2 is 2.04 bits per heavy atom. The maximum Gasteiger partial charge on any atom is 0.268 e. The topological polar surface area (TPSA) is 130 Å². The minimum absolute atomic E-state index is 0.0232. The molecule has 0 aliphatic carbocycles. The molecule has 28 heavy (non-hydrogen) atoms. The number of benzene rings is 1. The van der Waals surface area contributed by atoms with E-state index in [0.29, 0.717) is 27.5 Å². The predicted octanol–water partition coefficient (Wildman–Crippen LogP) is 1.76. The molecule has 144 valence electrons. The van der Waals surface area contributed by atoms with Crippen molar-refractivity contribution in [3.8, 4) is 0 Å². The van der Waals surface area contributed by atoms with Crippen LogP contribution in [0.4, 0.5) is 5.69 Å². The highest BCUT2D eigenvalue weighted by Gasteiger charge is 2.19. The molecule has 8 nitrogen and oxygen atoms in total. The van der Waals surface area contributed by atoms with E-state index in [9.17, 15) is 14.7 Å². The van der Waals surface area contributed by atoms with Gasteiger partial charge in [-0.3, -0.25) is 20.0 Å². The second-order valence-corrected chi connectivity index (χ2v) is 6.92. The summed E-state index contributed by atoms with van der Waals surface area (Å²) in [4.78, 5) is 33.2. The van der Waals surface area contributed by atoms with Crippen molar-refractivity contribution in [2.45, 2.75) is 18.6 Å². The number of nitrogens with one attached hydrogen (secondary N) is 2. The molecule has 2 heterocycles. The first-order chi connectivity index (χ1) is 13.5. The summed E-state index contributed by atoms with van der Waals surface area (Å²) < 4.78 is 0. The third-order valence-electron chi connectivity index (χ3n) is 3.97. The number of amides is 2. The van der Waals surface area contributed by atoms with Crippen LogP contribution in [0, 0.1) is 6.92 Å². The molecule has 0 unspecified atom stereocenters. The van der Waals surface area contributed by atoms with Crippen molar-refractivity contribution in [2.75, 3.05) is 11.1 Å². The molecule has 9 heteroatoms. The van der Waals surface area contributed by atoms with Crippen LogP contribution in [-0.2, 0) is 11.4 Å². The Morgan fingerprint density at radius 1 is 1.25 bits per heavy atom. The lowest BCUT2D eigenvalue weighted by Crippen LogP contribution is -2.31. The molecule has 2 amide bonds. The third-order valence-corrected chi connectivity index (χ3v) is 4.95. The number of thioether (sulfide) groups is 1. The number of nitrogens with zero attached hydrogens (tertiary/aromatic N) is 2. The molecule has 5 N–H and O–H groups in total. The number of hydrogen-bond acceptors (Lipinski definition) is 7. The smallest absolute Gasteiger partial charge is 0.268 e. The van der Waals surface area contributed by atoms with Gasteiger partial charge in [-0.1, -0.05) is 30.0 Å². The van der Waals surface area contributed by atoms with Gasteiger partial charge in [0.15, 0.2) is 0 Å². The van der Waals surface area contributed by atoms with Crippen LogP contribution in [0.5, 0.6) is 0 Å². The fraction of sp³-hybridized carbons (Fsp3) is 0.158. The lowest BCUT2D eigenvalue weighted by molar-refractivity contribution is -0.113. The van der Waals surface area contributed by atoms with Crippen LogP contribution in [0.15, 0.2) is 47.6 Å². The number of anilines is 1. The summed E-state index contributed by atoms with van der Waals surface area (Å²) in [6.45, 7) is 1.41. The Kier molecular flexibility index (Phi) is 6.19. The summed E-state index contributed by atoms with van der Waals surface area (Å²) in [7, 11) is 0. The van der Waals surface area contributed by atoms with E-state index in [2.05, 4.69) is 20.7 Å². The molecule has 0 radical (unpaired) electrons. The van der Waals surface area contributed by atoms with Crippen LogP contribution >= 0.6 is 11.8 Å². The number of hydrazine groups is 1. The number of rotatable bonds is 6. The molecule has 2 aromatic heterocycles. The van der Waals surface area contributed by atoms with Crippen molar-refractivity contribution in [3.63, 3.8) is 0 Å². The van der Waals surface area contributed by atoms with E-state index in [0.717, 1.165) is 17.1 Å². The minimum atomic E-state index is -0.572. The van der Waals surface area contributed by atoms with E-state index < -0.39 is 5.91 Å². The lowest BCUT2D eigenvalue weighted by atomic mass is 10.1. The molecule has 0 atom stereocenters. The van der Waals surface area contributed by atoms with E-state index in [-0.39, 0.29) is 23.8 Å². The number of aliphatic hydroxyl groups is 1. The molecular formula is C19H19N5O3S. The summed E-state index contributed by atoms with van der Waals surface area (Å²) in [5.41, 5.74) is 4.55. The van der Waals surface area contributed by atoms with E-state index in [1.54, 1.807) is 25.3 Å². The Balaban J connectivity index is 1.79. The fourth-order valence-corrected chi connectivity index (χ4v) is 3.70. The van der Waals surface area contributed by atoms with Gasteiger partial charge in [-0.25, -0.2) is 10.8 Å². The first-order valence-corrected chi connectivity index (χ1v) is 9.40. The zero-order valence-corrected chi connectivity index (χ0v) is 15.9. The molecular weight excluding hydrogens is 378 g/mol. The SMILES string of the molecule is Cc1cc(CO)c(C(=O)NN)c(SCC(=O)Nc2cccc3cccnc23)n1. The number of aryl methyl sites for hydroxylation is 1. The Hall–Kier alpha value is -3.01. The van der Waals surface area contributed by atoms with Gasteiger partial charge in [-0.2, -0.15) is 0 Å². The van der Waals surface area contributed by atoms with Gasteiger partial charge in [0, 0.05) is 17.3 Å². The van der Waals surface area contributed by atoms with Crippen molar-refractivity contribution in [3.05, 3.63) is 59.4 Å². The molecule has 1 aromatic carbocycles. The fourth-order valence-electron chi connectivity index (χ4n) is 2.78. The second-order valence-electron chi connectivity index (χ2n) is 5.95. The van der Waals surface area contributed by atoms with Gasteiger partial charge < -0.3 is 10.4 Å². The number of nitrogens with two attached hydrogens (primary N) is 1. The summed E-state index contributed by atoms with van der Waals surface area (Å²) >= 11 is 1.10. The minimum Gasteiger partial charge on any atom is -0.392 e. The number of para-hydroxylation sites is 1. The van der Waals surface area contributed by atoms with Crippen molar-refractivity contribution in [2.24, 2.45) is 5.84 Å². The standard InChI is InChI=1S/C19H19N5O3S/c1-11-8-13(9-25)16(18(27)24-20)19(22-11)28-10-15(26)23-14-6-2-4-12-5-3-7-21-17(12)14/h2-8,25H,9-10,20H2,1H3,(H,23,26)(H,24,27). The first kappa shape index (κ1) is 19.7. The summed E-state index contributed by atoms with van der Waals surface area (Å²) in [5.74, 6) is 4.43. The van der Waals surface area contributed by atoms with Gasteiger partial charge in [0.2, 0.25) is 5.91 Å². The van der Waals surface area contributed by atoms with Crippen LogP contribution in [0.25, 0.3) is 10.9 Å². The molecule has 0 aliphatic heterocycles. The maximum absolute atomic E-state index is 12.5. The highest BCUT2D eigenvalue weighted by atomic mass is 32.2. The Morgan fingerprint density at radius 3 is 2.79 bits per heavy atom. The second kappa shape index (κ2) is 8.79. The maximum atomic E-state index is 12.5. The number of nitrogen functional groups attached to an aromatic ring is 1. The molecule has 0 saturated carbocycles. The van der Waals surface area contributed by atoms with Crippen molar-refractivity contribution < 1.29 is 14.7 Å². The number of hydrogen-bond donors (Lipinski definition) is 4. The van der Waals surface area contributed by atoms with Crippen LogP contribution in [0.3, 0.4) is 0 Å². The lowest BCUT2D eigenvalue weighted by Gasteiger charge is -2.13. The van der Waals surface area contributed by atoms with Gasteiger partial charge in [0.25, 0.3) is 5.91 Å². The summed E-state index contributed by atoms with van der Waals surface area (Å²) in [6, 6.07) is 10.9. The van der Waals surface area contributed by atoms with E-state index in [1.807, 2.05) is 24.3 Å². The number of fused-ring (bicyclic) bond motifs is 1. The molecule has 0 saturated heterocycles. The van der Waals surface area contributed by atoms with Gasteiger partial charge >= 0.3 is 0 Å². The third kappa shape index (κ3) is 4.28. The van der Waals surface area contributed by atoms with Gasteiger partial charge in [-0.15, -0.1) is 0 Å². The molecule has 0 bridgehead atoms. The van der Waals surface area contributed by atoms with Crippen molar-refractivity contribution >= 4 is 40.2 Å². The number of carbonyl (C=O) groups is 2. The van der Waals surface area contributed by atoms with E-state index >= 15 is 0 Å². The van der Waals surface area contributed by atoms with Gasteiger partial charge in [0.1, 0.15) is 5.03 Å². The van der Waals surface area contributed by atoms with Crippen LogP contribution in [0.1, 0.15) is 21.6 Å². The van der Waals surface area contributed by atoms with E-state index in [4.69, 9.17) is 5.84 Å². The van der Waals surface area contributed by atoms with Gasteiger partial charge in [-0.05, 0) is 30.7 Å². The summed E-state index contributed by atoms with van der Waals surface area (Å²) in [6.07, 6.45) is 1.66. The zero-order chi connectivity index (χ0) is 20.1. The average molecular weight is 397 g/mol. The van der Waals surface area contributed by atoms with Crippen LogP contribution in [-0.4, -0.2) is 32.6 Å². The highest BCUT2D eigenvalue weighted by Crippen LogP contribution is 2.26.